The molecule has 2 amide bonds. The first-order chi connectivity index (χ1) is 16.8. The maximum Gasteiger partial charge on any atom is 0.234 e. The van der Waals surface area contributed by atoms with Crippen molar-refractivity contribution < 1.29 is 19.1 Å². The Hall–Kier alpha value is -3.53. The van der Waals surface area contributed by atoms with Crippen LogP contribution in [0.1, 0.15) is 36.8 Å². The van der Waals surface area contributed by atoms with E-state index in [-0.39, 0.29) is 30.0 Å². The zero-order valence-corrected chi connectivity index (χ0v) is 21.4. The minimum Gasteiger partial charge on any atom is -0.497 e. The van der Waals surface area contributed by atoms with Gasteiger partial charge in [0, 0.05) is 6.54 Å². The lowest BCUT2D eigenvalue weighted by molar-refractivity contribution is -0.121. The van der Waals surface area contributed by atoms with Gasteiger partial charge in [-0.25, -0.2) is 0 Å². The van der Waals surface area contributed by atoms with Gasteiger partial charge in [-0.1, -0.05) is 30.0 Å². The Bertz CT molecular complexity index is 1160. The number of aryl methyl sites for hydroxylation is 1. The highest BCUT2D eigenvalue weighted by molar-refractivity contribution is 7.99. The van der Waals surface area contributed by atoms with Gasteiger partial charge in [0.1, 0.15) is 11.5 Å². The number of anilines is 1. The molecule has 0 radical (unpaired) electrons. The van der Waals surface area contributed by atoms with E-state index >= 15 is 0 Å². The standard InChI is InChI=1S/C25H31N5O4S/c1-6-30-24(17(3)26-22(31)14-18-8-10-19(33-4)11-9-18)28-29-25(30)35-15-23(32)27-20-13-16(2)7-12-21(20)34-5/h7-13,17H,6,14-15H2,1-5H3,(H,26,31)(H,27,32). The molecular formula is C25H31N5O4S. The van der Waals surface area contributed by atoms with Crippen molar-refractivity contribution in [2.75, 3.05) is 25.3 Å². The predicted octanol–water partition coefficient (Wildman–Crippen LogP) is 3.77. The molecule has 1 atom stereocenters. The predicted molar refractivity (Wildman–Crippen MR) is 136 cm³/mol. The number of rotatable bonds is 11. The summed E-state index contributed by atoms with van der Waals surface area (Å²) in [6.07, 6.45) is 0.249. The second kappa shape index (κ2) is 12.3. The zero-order chi connectivity index (χ0) is 25.4. The van der Waals surface area contributed by atoms with Crippen molar-refractivity contribution >= 4 is 29.3 Å². The number of carbonyl (C=O) groups is 2. The van der Waals surface area contributed by atoms with E-state index in [0.29, 0.717) is 29.0 Å². The molecule has 3 rings (SSSR count). The monoisotopic (exact) mass is 497 g/mol. The van der Waals surface area contributed by atoms with Crippen molar-refractivity contribution in [3.8, 4) is 11.5 Å². The van der Waals surface area contributed by atoms with E-state index in [1.807, 2.05) is 67.8 Å². The van der Waals surface area contributed by atoms with Crippen LogP contribution in [0.25, 0.3) is 0 Å². The quantitative estimate of drug-likeness (QED) is 0.388. The summed E-state index contributed by atoms with van der Waals surface area (Å²) < 4.78 is 12.4. The van der Waals surface area contributed by atoms with Crippen LogP contribution in [-0.4, -0.2) is 46.6 Å². The third-order valence-corrected chi connectivity index (χ3v) is 6.28. The van der Waals surface area contributed by atoms with Crippen molar-refractivity contribution in [3.05, 3.63) is 59.4 Å². The largest absolute Gasteiger partial charge is 0.497 e. The molecule has 1 aromatic heterocycles. The van der Waals surface area contributed by atoms with Gasteiger partial charge in [0.2, 0.25) is 11.8 Å². The topological polar surface area (TPSA) is 107 Å². The molecular weight excluding hydrogens is 466 g/mol. The number of aromatic nitrogens is 3. The van der Waals surface area contributed by atoms with Crippen LogP contribution in [0.2, 0.25) is 0 Å². The smallest absolute Gasteiger partial charge is 0.234 e. The van der Waals surface area contributed by atoms with Crippen LogP contribution in [0.4, 0.5) is 5.69 Å². The number of nitrogens with zero attached hydrogens (tertiary/aromatic N) is 3. The van der Waals surface area contributed by atoms with Crippen LogP contribution in [0.3, 0.4) is 0 Å². The molecule has 1 unspecified atom stereocenters. The summed E-state index contributed by atoms with van der Waals surface area (Å²) >= 11 is 1.29. The van der Waals surface area contributed by atoms with E-state index in [1.165, 1.54) is 11.8 Å². The van der Waals surface area contributed by atoms with Crippen molar-refractivity contribution in [2.45, 2.75) is 44.9 Å². The van der Waals surface area contributed by atoms with Gasteiger partial charge in [0.05, 0.1) is 38.1 Å². The number of hydrogen-bond donors (Lipinski definition) is 2. The van der Waals surface area contributed by atoms with Crippen LogP contribution < -0.4 is 20.1 Å². The third-order valence-electron chi connectivity index (χ3n) is 5.31. The molecule has 0 aliphatic heterocycles. The van der Waals surface area contributed by atoms with E-state index < -0.39 is 0 Å². The number of methoxy groups -OCH3 is 2. The van der Waals surface area contributed by atoms with Gasteiger partial charge < -0.3 is 24.7 Å². The fourth-order valence-electron chi connectivity index (χ4n) is 3.55. The number of thioether (sulfide) groups is 1. The Labute approximate surface area is 209 Å². The molecule has 1 heterocycles. The number of carbonyl (C=O) groups excluding carboxylic acids is 2. The van der Waals surface area contributed by atoms with Crippen molar-refractivity contribution in [1.29, 1.82) is 0 Å². The number of amides is 2. The zero-order valence-electron chi connectivity index (χ0n) is 20.6. The lowest BCUT2D eigenvalue weighted by atomic mass is 10.1. The second-order valence-corrected chi connectivity index (χ2v) is 8.88. The molecule has 0 fully saturated rings. The van der Waals surface area contributed by atoms with Crippen LogP contribution in [0.5, 0.6) is 11.5 Å². The number of nitrogens with one attached hydrogen (secondary N) is 2. The summed E-state index contributed by atoms with van der Waals surface area (Å²) in [4.78, 5) is 25.1. The van der Waals surface area contributed by atoms with Crippen LogP contribution in [0.15, 0.2) is 47.6 Å². The highest BCUT2D eigenvalue weighted by Gasteiger charge is 2.20. The van der Waals surface area contributed by atoms with Crippen LogP contribution >= 0.6 is 11.8 Å². The van der Waals surface area contributed by atoms with Crippen LogP contribution in [-0.2, 0) is 22.6 Å². The number of benzene rings is 2. The average Bonchev–Trinajstić information content (AvgIpc) is 3.26. The number of hydrogen-bond acceptors (Lipinski definition) is 7. The van der Waals surface area contributed by atoms with Gasteiger partial charge in [0.25, 0.3) is 0 Å². The van der Waals surface area contributed by atoms with Gasteiger partial charge in [-0.2, -0.15) is 0 Å². The van der Waals surface area contributed by atoms with E-state index in [4.69, 9.17) is 9.47 Å². The molecule has 2 N–H and O–H groups in total. The molecule has 186 valence electrons. The molecule has 3 aromatic rings. The molecule has 0 aliphatic carbocycles. The van der Waals surface area contributed by atoms with Crippen molar-refractivity contribution in [3.63, 3.8) is 0 Å². The van der Waals surface area contributed by atoms with E-state index in [1.54, 1.807) is 14.2 Å². The fourth-order valence-corrected chi connectivity index (χ4v) is 4.36. The Morgan fingerprint density at radius 1 is 1.06 bits per heavy atom. The Morgan fingerprint density at radius 3 is 2.46 bits per heavy atom. The minimum atomic E-state index is -0.340. The Morgan fingerprint density at radius 2 is 1.80 bits per heavy atom. The van der Waals surface area contributed by atoms with Crippen LogP contribution in [0, 0.1) is 6.92 Å². The maximum absolute atomic E-state index is 12.6. The lowest BCUT2D eigenvalue weighted by Crippen LogP contribution is -2.30. The van der Waals surface area contributed by atoms with Gasteiger partial charge in [-0.3, -0.25) is 9.59 Å². The highest BCUT2D eigenvalue weighted by atomic mass is 32.2. The average molecular weight is 498 g/mol. The first-order valence-electron chi connectivity index (χ1n) is 11.3. The first kappa shape index (κ1) is 26.1. The maximum atomic E-state index is 12.6. The molecule has 0 aliphatic rings. The lowest BCUT2D eigenvalue weighted by Gasteiger charge is -2.15. The Balaban J connectivity index is 1.59. The van der Waals surface area contributed by atoms with Gasteiger partial charge in [-0.15, -0.1) is 10.2 Å². The molecule has 10 heteroatoms. The van der Waals surface area contributed by atoms with E-state index in [2.05, 4.69) is 20.8 Å². The van der Waals surface area contributed by atoms with E-state index in [0.717, 1.165) is 16.9 Å². The third kappa shape index (κ3) is 6.98. The Kier molecular flexibility index (Phi) is 9.13. The minimum absolute atomic E-state index is 0.117. The summed E-state index contributed by atoms with van der Waals surface area (Å²) in [6.45, 7) is 6.40. The summed E-state index contributed by atoms with van der Waals surface area (Å²) in [5.74, 6) is 1.86. The highest BCUT2D eigenvalue weighted by Crippen LogP contribution is 2.26. The van der Waals surface area contributed by atoms with Gasteiger partial charge >= 0.3 is 0 Å². The molecule has 0 spiro atoms. The summed E-state index contributed by atoms with van der Waals surface area (Å²) in [6, 6.07) is 12.7. The SMILES string of the molecule is CCn1c(SCC(=O)Nc2cc(C)ccc2OC)nnc1C(C)NC(=O)Cc1ccc(OC)cc1. The van der Waals surface area contributed by atoms with Gasteiger partial charge in [-0.05, 0) is 56.2 Å². The second-order valence-electron chi connectivity index (χ2n) is 7.94. The molecule has 0 saturated heterocycles. The van der Waals surface area contributed by atoms with Crippen molar-refractivity contribution in [1.82, 2.24) is 20.1 Å². The van der Waals surface area contributed by atoms with Crippen molar-refractivity contribution in [2.24, 2.45) is 0 Å². The first-order valence-corrected chi connectivity index (χ1v) is 12.3. The molecule has 35 heavy (non-hydrogen) atoms. The fraction of sp³-hybridized carbons (Fsp3) is 0.360. The summed E-state index contributed by atoms with van der Waals surface area (Å²) in [5.41, 5.74) is 2.54. The molecule has 9 nitrogen and oxygen atoms in total. The molecule has 0 bridgehead atoms. The summed E-state index contributed by atoms with van der Waals surface area (Å²) in [5, 5.41) is 15.0. The number of ether oxygens (including phenoxy) is 2. The summed E-state index contributed by atoms with van der Waals surface area (Å²) in [7, 11) is 3.17. The molecule has 0 saturated carbocycles. The van der Waals surface area contributed by atoms with Gasteiger partial charge in [0.15, 0.2) is 11.0 Å². The van der Waals surface area contributed by atoms with E-state index in [9.17, 15) is 9.59 Å². The molecule has 2 aromatic carbocycles. The normalized spacial score (nSPS) is 11.6.